The van der Waals surface area contributed by atoms with E-state index in [-0.39, 0.29) is 17.3 Å². The van der Waals surface area contributed by atoms with Gasteiger partial charge in [0.05, 0.1) is 11.3 Å². The molecule has 1 amide bonds. The summed E-state index contributed by atoms with van der Waals surface area (Å²) in [6.07, 6.45) is 1.98. The van der Waals surface area contributed by atoms with E-state index >= 15 is 0 Å². The lowest BCUT2D eigenvalue weighted by Crippen LogP contribution is -2.27. The van der Waals surface area contributed by atoms with Gasteiger partial charge in [0.15, 0.2) is 0 Å². The highest BCUT2D eigenvalue weighted by Gasteiger charge is 2.11. The molecule has 7 nitrogen and oxygen atoms in total. The number of carbonyl (C=O) groups is 1. The molecule has 0 aliphatic rings. The van der Waals surface area contributed by atoms with Crippen LogP contribution in [0.4, 0.5) is 5.69 Å². The first-order valence-electron chi connectivity index (χ1n) is 7.70. The first-order chi connectivity index (χ1) is 12.1. The minimum Gasteiger partial charge on any atom is -0.320 e. The largest absolute Gasteiger partial charge is 0.325 e. The topological polar surface area (TPSA) is 108 Å². The molecule has 8 heteroatoms. The molecule has 3 N–H and O–H groups in total. The number of para-hydroxylation sites is 1. The molecule has 0 fully saturated rings. The molecule has 3 aromatic rings. The van der Waals surface area contributed by atoms with Crippen LogP contribution in [0.5, 0.6) is 0 Å². The average Bonchev–Trinajstić information content (AvgIpc) is 2.61. The molecule has 0 radical (unpaired) electrons. The summed E-state index contributed by atoms with van der Waals surface area (Å²) in [5.41, 5.74) is 0.691. The van der Waals surface area contributed by atoms with Gasteiger partial charge in [0.1, 0.15) is 10.7 Å². The van der Waals surface area contributed by atoms with Crippen molar-refractivity contribution in [2.24, 2.45) is 0 Å². The van der Waals surface area contributed by atoms with Crippen LogP contribution in [0.2, 0.25) is 0 Å². The normalized spacial score (nSPS) is 10.8. The SMILES string of the molecule is CCc1cc2ccccc2nc1SCC(=O)Nc1c[nH]c(=O)[nH]c1=O. The minimum absolute atomic E-state index is 0.00684. The van der Waals surface area contributed by atoms with Crippen molar-refractivity contribution in [3.63, 3.8) is 0 Å². The smallest absolute Gasteiger partial charge is 0.320 e. The molecule has 128 valence electrons. The number of hydrogen-bond donors (Lipinski definition) is 3. The van der Waals surface area contributed by atoms with E-state index in [9.17, 15) is 14.4 Å². The maximum absolute atomic E-state index is 12.1. The van der Waals surface area contributed by atoms with Gasteiger partial charge in [-0.3, -0.25) is 14.6 Å². The van der Waals surface area contributed by atoms with Crippen LogP contribution in [0.3, 0.4) is 0 Å². The van der Waals surface area contributed by atoms with Crippen LogP contribution in [0.25, 0.3) is 10.9 Å². The van der Waals surface area contributed by atoms with Crippen molar-refractivity contribution in [2.45, 2.75) is 18.4 Å². The van der Waals surface area contributed by atoms with Crippen molar-refractivity contribution >= 4 is 34.3 Å². The lowest BCUT2D eigenvalue weighted by atomic mass is 10.1. The summed E-state index contributed by atoms with van der Waals surface area (Å²) < 4.78 is 0. The Hall–Kier alpha value is -2.87. The molecule has 0 unspecified atom stereocenters. The fraction of sp³-hybridized carbons (Fsp3) is 0.176. The molecule has 0 aliphatic heterocycles. The number of anilines is 1. The molecular weight excluding hydrogens is 340 g/mol. The number of fused-ring (bicyclic) bond motifs is 1. The third-order valence-corrected chi connectivity index (χ3v) is 4.61. The van der Waals surface area contributed by atoms with Gasteiger partial charge >= 0.3 is 5.69 Å². The third-order valence-electron chi connectivity index (χ3n) is 3.58. The molecule has 0 aliphatic carbocycles. The molecule has 3 rings (SSSR count). The number of nitrogens with one attached hydrogen (secondary N) is 3. The van der Waals surface area contributed by atoms with E-state index in [2.05, 4.69) is 26.3 Å². The predicted molar refractivity (Wildman–Crippen MR) is 98.2 cm³/mol. The Morgan fingerprint density at radius 2 is 2.08 bits per heavy atom. The van der Waals surface area contributed by atoms with Crippen molar-refractivity contribution in [3.05, 3.63) is 62.9 Å². The zero-order valence-corrected chi connectivity index (χ0v) is 14.3. The van der Waals surface area contributed by atoms with Gasteiger partial charge in [-0.1, -0.05) is 36.9 Å². The Kier molecular flexibility index (Phi) is 4.99. The number of carbonyl (C=O) groups excluding carboxylic acids is 1. The van der Waals surface area contributed by atoms with Crippen LogP contribution in [-0.4, -0.2) is 26.6 Å². The zero-order valence-electron chi connectivity index (χ0n) is 13.5. The number of aromatic nitrogens is 3. The van der Waals surface area contributed by atoms with E-state index in [1.807, 2.05) is 31.2 Å². The fourth-order valence-corrected chi connectivity index (χ4v) is 3.23. The number of benzene rings is 1. The predicted octanol–water partition coefficient (Wildman–Crippen LogP) is 1.90. The summed E-state index contributed by atoms with van der Waals surface area (Å²) in [6.45, 7) is 2.04. The average molecular weight is 356 g/mol. The van der Waals surface area contributed by atoms with Crippen LogP contribution in [0, 0.1) is 0 Å². The number of aromatic amines is 2. The van der Waals surface area contributed by atoms with E-state index < -0.39 is 11.2 Å². The van der Waals surface area contributed by atoms with Gasteiger partial charge in [0.25, 0.3) is 5.56 Å². The van der Waals surface area contributed by atoms with E-state index in [0.29, 0.717) is 0 Å². The molecule has 2 aromatic heterocycles. The van der Waals surface area contributed by atoms with Crippen LogP contribution in [0.15, 0.2) is 51.1 Å². The highest BCUT2D eigenvalue weighted by atomic mass is 32.2. The highest BCUT2D eigenvalue weighted by Crippen LogP contribution is 2.25. The quantitative estimate of drug-likeness (QED) is 0.605. The molecule has 25 heavy (non-hydrogen) atoms. The second kappa shape index (κ2) is 7.35. The summed E-state index contributed by atoms with van der Waals surface area (Å²) in [6, 6.07) is 9.90. The zero-order chi connectivity index (χ0) is 17.8. The van der Waals surface area contributed by atoms with Crippen molar-refractivity contribution in [3.8, 4) is 0 Å². The number of aryl methyl sites for hydroxylation is 1. The van der Waals surface area contributed by atoms with E-state index in [0.717, 1.165) is 27.9 Å². The van der Waals surface area contributed by atoms with Gasteiger partial charge in [-0.25, -0.2) is 9.78 Å². The number of H-pyrrole nitrogens is 2. The van der Waals surface area contributed by atoms with Crippen LogP contribution < -0.4 is 16.6 Å². The summed E-state index contributed by atoms with van der Waals surface area (Å²) in [5, 5.41) is 4.34. The highest BCUT2D eigenvalue weighted by molar-refractivity contribution is 8.00. The number of nitrogens with zero attached hydrogens (tertiary/aromatic N) is 1. The standard InChI is InChI=1S/C17H16N4O3S/c1-2-10-7-11-5-3-4-6-12(11)20-16(10)25-9-14(22)19-13-8-18-17(24)21-15(13)23/h3-8H,2,9H2,1H3,(H,19,22)(H2,18,21,23,24). The number of thioether (sulfide) groups is 1. The first kappa shape index (κ1) is 17.0. The molecule has 1 aromatic carbocycles. The number of pyridine rings is 1. The second-order valence-corrected chi connectivity index (χ2v) is 6.29. The van der Waals surface area contributed by atoms with Crippen molar-refractivity contribution in [1.82, 2.24) is 15.0 Å². The van der Waals surface area contributed by atoms with Gasteiger partial charge in [0, 0.05) is 11.6 Å². The van der Waals surface area contributed by atoms with Gasteiger partial charge in [-0.15, -0.1) is 0 Å². The lowest BCUT2D eigenvalue weighted by Gasteiger charge is -2.09. The molecule has 0 saturated carbocycles. The second-order valence-electron chi connectivity index (χ2n) is 5.32. The maximum atomic E-state index is 12.1. The van der Waals surface area contributed by atoms with Crippen molar-refractivity contribution < 1.29 is 4.79 Å². The summed E-state index contributed by atoms with van der Waals surface area (Å²) in [5.74, 6) is -0.240. The summed E-state index contributed by atoms with van der Waals surface area (Å²) in [4.78, 5) is 43.6. The Bertz CT molecular complexity index is 1040. The Labute approximate surface area is 146 Å². The Balaban J connectivity index is 1.74. The van der Waals surface area contributed by atoms with Gasteiger partial charge in [-0.05, 0) is 24.1 Å². The lowest BCUT2D eigenvalue weighted by molar-refractivity contribution is -0.113. The number of rotatable bonds is 5. The van der Waals surface area contributed by atoms with Crippen LogP contribution >= 0.6 is 11.8 Å². The molecule has 2 heterocycles. The molecule has 0 bridgehead atoms. The van der Waals surface area contributed by atoms with E-state index in [1.54, 1.807) is 0 Å². The Morgan fingerprint density at radius 3 is 2.84 bits per heavy atom. The fourth-order valence-electron chi connectivity index (χ4n) is 2.34. The molecule has 0 spiro atoms. The summed E-state index contributed by atoms with van der Waals surface area (Å²) >= 11 is 1.32. The van der Waals surface area contributed by atoms with Gasteiger partial charge in [-0.2, -0.15) is 0 Å². The molecule has 0 atom stereocenters. The number of amides is 1. The van der Waals surface area contributed by atoms with E-state index in [1.165, 1.54) is 18.0 Å². The maximum Gasteiger partial charge on any atom is 0.325 e. The molecule has 0 saturated heterocycles. The van der Waals surface area contributed by atoms with Gasteiger partial charge < -0.3 is 10.3 Å². The Morgan fingerprint density at radius 1 is 1.28 bits per heavy atom. The van der Waals surface area contributed by atoms with Crippen LogP contribution in [-0.2, 0) is 11.2 Å². The first-order valence-corrected chi connectivity index (χ1v) is 8.68. The third kappa shape index (κ3) is 3.97. The molecular formula is C17H16N4O3S. The van der Waals surface area contributed by atoms with Gasteiger partial charge in [0.2, 0.25) is 5.91 Å². The number of hydrogen-bond acceptors (Lipinski definition) is 5. The summed E-state index contributed by atoms with van der Waals surface area (Å²) in [7, 11) is 0. The van der Waals surface area contributed by atoms with Crippen LogP contribution in [0.1, 0.15) is 12.5 Å². The van der Waals surface area contributed by atoms with Crippen molar-refractivity contribution in [1.29, 1.82) is 0 Å². The monoisotopic (exact) mass is 356 g/mol. The minimum atomic E-state index is -0.639. The van der Waals surface area contributed by atoms with Crippen molar-refractivity contribution in [2.75, 3.05) is 11.1 Å². The van der Waals surface area contributed by atoms with E-state index in [4.69, 9.17) is 0 Å².